The monoisotopic (exact) mass is 206 g/mol. The Morgan fingerprint density at radius 3 is 2.92 bits per heavy atom. The summed E-state index contributed by atoms with van der Waals surface area (Å²) in [6, 6.07) is 0. The third-order valence-corrected chi connectivity index (χ3v) is 1.97. The fourth-order valence-corrected chi connectivity index (χ4v) is 1.14. The van der Waals surface area contributed by atoms with Crippen molar-refractivity contribution < 1.29 is 9.09 Å². The Hall–Kier alpha value is -0.150. The fraction of sp³-hybridized carbons (Fsp3) is 0.750. The van der Waals surface area contributed by atoms with E-state index < -0.39 is 8.69 Å². The third kappa shape index (κ3) is 8.19. The van der Waals surface area contributed by atoms with Crippen LogP contribution in [0.1, 0.15) is 26.2 Å². The van der Waals surface area contributed by atoms with Gasteiger partial charge < -0.3 is 4.52 Å². The quantitative estimate of drug-likeness (QED) is 0.197. The van der Waals surface area contributed by atoms with Crippen molar-refractivity contribution in [2.45, 2.75) is 32.4 Å². The molecular formula is C8H19N2O2P. The highest BCUT2D eigenvalue weighted by Crippen LogP contribution is 1.99. The molecule has 0 bridgehead atoms. The number of nitrogens with one attached hydrogen (secondary N) is 2. The summed E-state index contributed by atoms with van der Waals surface area (Å²) < 4.78 is 15.0. The highest BCUT2D eigenvalue weighted by Gasteiger charge is 1.99. The van der Waals surface area contributed by atoms with Gasteiger partial charge in [-0.15, -0.1) is 0 Å². The molecule has 2 N–H and O–H groups in total. The van der Waals surface area contributed by atoms with Crippen LogP contribution >= 0.6 is 8.69 Å². The molecule has 0 aromatic rings. The van der Waals surface area contributed by atoms with Gasteiger partial charge >= 0.3 is 0 Å². The molecule has 0 rings (SSSR count). The predicted octanol–water partition coefficient (Wildman–Crippen LogP) is 1.47. The molecule has 4 nitrogen and oxygen atoms in total. The molecule has 0 aromatic heterocycles. The number of rotatable bonds is 9. The highest BCUT2D eigenvalue weighted by atomic mass is 31.1. The minimum absolute atomic E-state index is 0.353. The summed E-state index contributed by atoms with van der Waals surface area (Å²) in [5.41, 5.74) is 5.84. The first-order valence-corrected chi connectivity index (χ1v) is 5.49. The van der Waals surface area contributed by atoms with Crippen LogP contribution in [0.15, 0.2) is 12.7 Å². The van der Waals surface area contributed by atoms with Crippen LogP contribution in [0.2, 0.25) is 0 Å². The SMILES string of the molecule is C=CC(NNCCCCC)O[PH2]=O. The highest BCUT2D eigenvalue weighted by molar-refractivity contribution is 7.17. The average molecular weight is 206 g/mol. The summed E-state index contributed by atoms with van der Waals surface area (Å²) in [4.78, 5) is 0. The van der Waals surface area contributed by atoms with Crippen molar-refractivity contribution in [3.05, 3.63) is 12.7 Å². The molecule has 2 unspecified atom stereocenters. The zero-order chi connectivity index (χ0) is 9.94. The summed E-state index contributed by atoms with van der Waals surface area (Å²) in [7, 11) is -1.19. The summed E-state index contributed by atoms with van der Waals surface area (Å²) in [5, 5.41) is 0. The van der Waals surface area contributed by atoms with Crippen LogP contribution in [0.3, 0.4) is 0 Å². The zero-order valence-electron chi connectivity index (χ0n) is 8.08. The molecule has 0 spiro atoms. The fourth-order valence-electron chi connectivity index (χ4n) is 0.845. The van der Waals surface area contributed by atoms with Crippen molar-refractivity contribution in [1.29, 1.82) is 0 Å². The molecule has 0 radical (unpaired) electrons. The lowest BCUT2D eigenvalue weighted by atomic mass is 10.2. The second kappa shape index (κ2) is 9.93. The van der Waals surface area contributed by atoms with Gasteiger partial charge in [-0.3, -0.25) is 9.99 Å². The van der Waals surface area contributed by atoms with Gasteiger partial charge in [-0.05, 0) is 12.5 Å². The minimum Gasteiger partial charge on any atom is -0.308 e. The van der Waals surface area contributed by atoms with E-state index in [0.717, 1.165) is 13.0 Å². The topological polar surface area (TPSA) is 50.4 Å². The Kier molecular flexibility index (Phi) is 9.82. The normalized spacial score (nSPS) is 13.6. The number of hydrogen-bond acceptors (Lipinski definition) is 4. The van der Waals surface area contributed by atoms with Gasteiger partial charge in [-0.25, -0.2) is 5.43 Å². The molecule has 0 amide bonds. The summed E-state index contributed by atoms with van der Waals surface area (Å²) >= 11 is 0. The second-order valence-corrected chi connectivity index (χ2v) is 3.13. The average Bonchev–Trinajstić information content (AvgIpc) is 2.16. The predicted molar refractivity (Wildman–Crippen MR) is 56.1 cm³/mol. The molecule has 0 aliphatic rings. The van der Waals surface area contributed by atoms with Crippen LogP contribution in [-0.4, -0.2) is 12.8 Å². The minimum atomic E-state index is -1.19. The third-order valence-electron chi connectivity index (χ3n) is 1.57. The van der Waals surface area contributed by atoms with E-state index >= 15 is 0 Å². The van der Waals surface area contributed by atoms with Crippen molar-refractivity contribution >= 4 is 8.69 Å². The summed E-state index contributed by atoms with van der Waals surface area (Å²) in [6.45, 7) is 6.58. The van der Waals surface area contributed by atoms with Gasteiger partial charge in [0, 0.05) is 6.54 Å². The van der Waals surface area contributed by atoms with Crippen LogP contribution in [0.4, 0.5) is 0 Å². The van der Waals surface area contributed by atoms with Gasteiger partial charge in [0.2, 0.25) is 0 Å². The van der Waals surface area contributed by atoms with Gasteiger partial charge in [0.15, 0.2) is 8.69 Å². The second-order valence-electron chi connectivity index (χ2n) is 2.67. The molecule has 5 heteroatoms. The van der Waals surface area contributed by atoms with Crippen LogP contribution < -0.4 is 10.9 Å². The van der Waals surface area contributed by atoms with Gasteiger partial charge in [-0.1, -0.05) is 26.3 Å². The largest absolute Gasteiger partial charge is 0.308 e. The zero-order valence-corrected chi connectivity index (χ0v) is 9.24. The maximum atomic E-state index is 10.2. The van der Waals surface area contributed by atoms with E-state index in [1.54, 1.807) is 6.08 Å². The number of hydrazine groups is 1. The Bertz CT molecular complexity index is 144. The van der Waals surface area contributed by atoms with Crippen molar-refractivity contribution in [1.82, 2.24) is 10.9 Å². The Morgan fingerprint density at radius 1 is 1.62 bits per heavy atom. The summed E-state index contributed by atoms with van der Waals surface area (Å²) in [6.07, 6.45) is 4.75. The van der Waals surface area contributed by atoms with Gasteiger partial charge in [0.1, 0.15) is 6.23 Å². The van der Waals surface area contributed by atoms with Crippen LogP contribution in [0.5, 0.6) is 0 Å². The van der Waals surface area contributed by atoms with Crippen molar-refractivity contribution in [2.75, 3.05) is 6.54 Å². The number of hydrogen-bond donors (Lipinski definition) is 2. The molecule has 13 heavy (non-hydrogen) atoms. The van der Waals surface area contributed by atoms with Crippen LogP contribution in [0.25, 0.3) is 0 Å². The molecule has 78 valence electrons. The molecule has 0 heterocycles. The molecule has 0 aliphatic heterocycles. The van der Waals surface area contributed by atoms with Crippen molar-refractivity contribution in [2.24, 2.45) is 0 Å². The molecule has 2 atom stereocenters. The molecule has 0 aliphatic carbocycles. The Balaban J connectivity index is 3.27. The number of unbranched alkanes of at least 4 members (excludes halogenated alkanes) is 2. The van der Waals surface area contributed by atoms with E-state index in [9.17, 15) is 4.57 Å². The standard InChI is InChI=1S/C8H19N2O2P/c1-3-5-6-7-9-10-8(4-2)12-13-11/h4,8-10H,2-3,5-7,13H2,1H3. The molecule has 0 saturated heterocycles. The lowest BCUT2D eigenvalue weighted by molar-refractivity contribution is 0.208. The first kappa shape index (κ1) is 12.8. The van der Waals surface area contributed by atoms with E-state index in [-0.39, 0.29) is 6.23 Å². The van der Waals surface area contributed by atoms with Gasteiger partial charge in [-0.2, -0.15) is 0 Å². The maximum Gasteiger partial charge on any atom is 0.181 e. The molecule has 0 aromatic carbocycles. The lowest BCUT2D eigenvalue weighted by Crippen LogP contribution is -2.40. The first-order valence-electron chi connectivity index (χ1n) is 4.55. The van der Waals surface area contributed by atoms with Crippen LogP contribution in [-0.2, 0) is 9.09 Å². The summed E-state index contributed by atoms with van der Waals surface area (Å²) in [5.74, 6) is 0. The van der Waals surface area contributed by atoms with Crippen molar-refractivity contribution in [3.8, 4) is 0 Å². The van der Waals surface area contributed by atoms with E-state index in [1.807, 2.05) is 0 Å². The van der Waals surface area contributed by atoms with Crippen LogP contribution in [0, 0.1) is 0 Å². The molecular weight excluding hydrogens is 187 g/mol. The van der Waals surface area contributed by atoms with Crippen molar-refractivity contribution in [3.63, 3.8) is 0 Å². The van der Waals surface area contributed by atoms with E-state index in [4.69, 9.17) is 4.52 Å². The maximum absolute atomic E-state index is 10.2. The Morgan fingerprint density at radius 2 is 2.38 bits per heavy atom. The first-order chi connectivity index (χ1) is 6.35. The van der Waals surface area contributed by atoms with Gasteiger partial charge in [0.25, 0.3) is 0 Å². The van der Waals surface area contributed by atoms with Gasteiger partial charge in [0.05, 0.1) is 0 Å². The Labute approximate surface area is 81.0 Å². The van der Waals surface area contributed by atoms with E-state index in [0.29, 0.717) is 0 Å². The molecule has 0 saturated carbocycles. The lowest BCUT2D eigenvalue weighted by Gasteiger charge is -2.12. The van der Waals surface area contributed by atoms with E-state index in [1.165, 1.54) is 12.8 Å². The van der Waals surface area contributed by atoms with E-state index in [2.05, 4.69) is 24.4 Å². The molecule has 0 fully saturated rings. The smallest absolute Gasteiger partial charge is 0.181 e.